The zero-order valence-electron chi connectivity index (χ0n) is 13.6. The summed E-state index contributed by atoms with van der Waals surface area (Å²) in [5, 5.41) is 5.96. The van der Waals surface area contributed by atoms with Gasteiger partial charge in [-0.1, -0.05) is 0 Å². The first kappa shape index (κ1) is 16.6. The van der Waals surface area contributed by atoms with Crippen molar-refractivity contribution >= 4 is 33.4 Å². The maximum absolute atomic E-state index is 12.7. The fraction of sp³-hybridized carbons (Fsp3) is 0.500. The predicted octanol–water partition coefficient (Wildman–Crippen LogP) is 0.589. The number of nitrogens with zero attached hydrogens (tertiary/aromatic N) is 2. The summed E-state index contributed by atoms with van der Waals surface area (Å²) in [6.45, 7) is 2.05. The number of carbonyl (C=O) groups excluding carboxylic acids is 2. The second-order valence-electron chi connectivity index (χ2n) is 5.90. The van der Waals surface area contributed by atoms with Gasteiger partial charge in [-0.3, -0.25) is 19.0 Å². The molecule has 0 saturated heterocycles. The smallest absolute Gasteiger partial charge is 0.262 e. The molecule has 0 fully saturated rings. The van der Waals surface area contributed by atoms with Crippen LogP contribution in [0.2, 0.25) is 0 Å². The molecule has 0 saturated carbocycles. The number of nitrogens with one attached hydrogen (secondary N) is 2. The van der Waals surface area contributed by atoms with Crippen LogP contribution in [0.15, 0.2) is 11.1 Å². The van der Waals surface area contributed by atoms with Crippen LogP contribution in [0.4, 0.5) is 0 Å². The Bertz CT molecular complexity index is 840. The summed E-state index contributed by atoms with van der Waals surface area (Å²) in [6.07, 6.45) is 5.63. The van der Waals surface area contributed by atoms with Crippen molar-refractivity contribution < 1.29 is 9.59 Å². The number of aryl methyl sites for hydroxylation is 2. The molecule has 3 rings (SSSR count). The second-order valence-corrected chi connectivity index (χ2v) is 6.99. The lowest BCUT2D eigenvalue weighted by Crippen LogP contribution is -2.37. The Morgan fingerprint density at radius 2 is 2.00 bits per heavy atom. The van der Waals surface area contributed by atoms with E-state index < -0.39 is 0 Å². The number of amides is 2. The van der Waals surface area contributed by atoms with E-state index in [0.29, 0.717) is 18.5 Å². The largest absolute Gasteiger partial charge is 0.355 e. The van der Waals surface area contributed by atoms with E-state index in [9.17, 15) is 14.4 Å². The first-order valence-corrected chi connectivity index (χ1v) is 8.88. The summed E-state index contributed by atoms with van der Waals surface area (Å²) in [4.78, 5) is 41.8. The normalized spacial score (nSPS) is 13.5. The lowest BCUT2D eigenvalue weighted by atomic mass is 9.97. The zero-order chi connectivity index (χ0) is 17.1. The van der Waals surface area contributed by atoms with Crippen molar-refractivity contribution in [1.29, 1.82) is 0 Å². The van der Waals surface area contributed by atoms with Gasteiger partial charge < -0.3 is 10.6 Å². The Labute approximate surface area is 143 Å². The topological polar surface area (TPSA) is 93.1 Å². The average molecular weight is 348 g/mol. The number of thiophene rings is 1. The van der Waals surface area contributed by atoms with Gasteiger partial charge in [0.1, 0.15) is 11.4 Å². The first-order chi connectivity index (χ1) is 11.6. The lowest BCUT2D eigenvalue weighted by molar-refractivity contribution is -0.122. The van der Waals surface area contributed by atoms with E-state index in [1.54, 1.807) is 11.3 Å². The second kappa shape index (κ2) is 7.12. The van der Waals surface area contributed by atoms with Crippen molar-refractivity contribution in [1.82, 2.24) is 20.2 Å². The van der Waals surface area contributed by atoms with Crippen LogP contribution in [-0.4, -0.2) is 34.5 Å². The molecular weight excluding hydrogens is 328 g/mol. The van der Waals surface area contributed by atoms with Crippen LogP contribution in [0.25, 0.3) is 10.2 Å². The maximum Gasteiger partial charge on any atom is 0.262 e. The van der Waals surface area contributed by atoms with Gasteiger partial charge in [-0.15, -0.1) is 11.3 Å². The Kier molecular flexibility index (Phi) is 4.94. The lowest BCUT2D eigenvalue weighted by Gasteiger charge is -2.10. The van der Waals surface area contributed by atoms with Crippen molar-refractivity contribution in [2.45, 2.75) is 39.2 Å². The van der Waals surface area contributed by atoms with E-state index >= 15 is 0 Å². The minimum Gasteiger partial charge on any atom is -0.355 e. The Morgan fingerprint density at radius 3 is 2.79 bits per heavy atom. The molecule has 128 valence electrons. The van der Waals surface area contributed by atoms with Gasteiger partial charge in [0.05, 0.1) is 11.7 Å². The molecule has 1 aliphatic carbocycles. The standard InChI is InChI=1S/C16H20N4O3S/c1-10(21)17-6-7-18-13(22)8-20-9-19-15-14(16(20)23)11-4-2-3-5-12(11)24-15/h9H,2-8H2,1H3,(H,17,21)(H,18,22). The molecule has 0 aliphatic heterocycles. The zero-order valence-corrected chi connectivity index (χ0v) is 14.4. The highest BCUT2D eigenvalue weighted by Gasteiger charge is 2.20. The van der Waals surface area contributed by atoms with E-state index in [-0.39, 0.29) is 23.9 Å². The predicted molar refractivity (Wildman–Crippen MR) is 92.2 cm³/mol. The highest BCUT2D eigenvalue weighted by molar-refractivity contribution is 7.18. The Balaban J connectivity index is 1.73. The molecule has 2 amide bonds. The number of hydrogen-bond acceptors (Lipinski definition) is 5. The summed E-state index contributed by atoms with van der Waals surface area (Å²) in [5.74, 6) is -0.412. The summed E-state index contributed by atoms with van der Waals surface area (Å²) in [7, 11) is 0. The van der Waals surface area contributed by atoms with Gasteiger partial charge in [0.15, 0.2) is 0 Å². The third-order valence-electron chi connectivity index (χ3n) is 4.08. The summed E-state index contributed by atoms with van der Waals surface area (Å²) in [6, 6.07) is 0. The molecular formula is C16H20N4O3S. The third kappa shape index (κ3) is 3.48. The van der Waals surface area contributed by atoms with Gasteiger partial charge in [0.25, 0.3) is 5.56 Å². The number of hydrogen-bond donors (Lipinski definition) is 2. The number of carbonyl (C=O) groups is 2. The van der Waals surface area contributed by atoms with E-state index in [1.807, 2.05) is 0 Å². The molecule has 0 atom stereocenters. The third-order valence-corrected chi connectivity index (χ3v) is 5.28. The minimum absolute atomic E-state index is 0.0630. The van der Waals surface area contributed by atoms with Crippen LogP contribution in [0.1, 0.15) is 30.2 Å². The molecule has 7 nitrogen and oxygen atoms in total. The van der Waals surface area contributed by atoms with Crippen LogP contribution < -0.4 is 16.2 Å². The summed E-state index contributed by atoms with van der Waals surface area (Å²) in [5.41, 5.74) is 0.982. The van der Waals surface area contributed by atoms with Crippen molar-refractivity contribution in [3.63, 3.8) is 0 Å². The highest BCUT2D eigenvalue weighted by Crippen LogP contribution is 2.33. The van der Waals surface area contributed by atoms with Crippen molar-refractivity contribution in [2.24, 2.45) is 0 Å². The molecule has 8 heteroatoms. The van der Waals surface area contributed by atoms with Gasteiger partial charge in [-0.05, 0) is 31.2 Å². The van der Waals surface area contributed by atoms with Crippen molar-refractivity contribution in [3.05, 3.63) is 27.1 Å². The monoisotopic (exact) mass is 348 g/mol. The van der Waals surface area contributed by atoms with Gasteiger partial charge in [-0.2, -0.15) is 0 Å². The molecule has 2 aromatic heterocycles. The molecule has 0 bridgehead atoms. The van der Waals surface area contributed by atoms with Crippen LogP contribution in [0, 0.1) is 0 Å². The fourth-order valence-electron chi connectivity index (χ4n) is 2.94. The molecule has 2 heterocycles. The van der Waals surface area contributed by atoms with Crippen molar-refractivity contribution in [3.8, 4) is 0 Å². The van der Waals surface area contributed by atoms with E-state index in [2.05, 4.69) is 15.6 Å². The van der Waals surface area contributed by atoms with Gasteiger partial charge in [0, 0.05) is 24.9 Å². The maximum atomic E-state index is 12.7. The van der Waals surface area contributed by atoms with Crippen LogP contribution in [0.5, 0.6) is 0 Å². The SMILES string of the molecule is CC(=O)NCCNC(=O)Cn1cnc2sc3c(c2c1=O)CCCC3. The number of aromatic nitrogens is 2. The molecule has 2 aromatic rings. The summed E-state index contributed by atoms with van der Waals surface area (Å²) < 4.78 is 1.36. The van der Waals surface area contributed by atoms with Gasteiger partial charge in [0.2, 0.25) is 11.8 Å². The molecule has 0 unspecified atom stereocenters. The van der Waals surface area contributed by atoms with Crippen LogP contribution >= 0.6 is 11.3 Å². The van der Waals surface area contributed by atoms with Gasteiger partial charge in [-0.25, -0.2) is 4.98 Å². The molecule has 2 N–H and O–H groups in total. The Morgan fingerprint density at radius 1 is 1.25 bits per heavy atom. The highest BCUT2D eigenvalue weighted by atomic mass is 32.1. The van der Waals surface area contributed by atoms with E-state index in [4.69, 9.17) is 0 Å². The molecule has 0 aromatic carbocycles. The first-order valence-electron chi connectivity index (χ1n) is 8.07. The van der Waals surface area contributed by atoms with E-state index in [0.717, 1.165) is 36.1 Å². The van der Waals surface area contributed by atoms with Gasteiger partial charge >= 0.3 is 0 Å². The summed E-state index contributed by atoms with van der Waals surface area (Å²) >= 11 is 1.60. The quantitative estimate of drug-likeness (QED) is 0.774. The number of fused-ring (bicyclic) bond motifs is 3. The fourth-order valence-corrected chi connectivity index (χ4v) is 4.16. The van der Waals surface area contributed by atoms with Crippen LogP contribution in [-0.2, 0) is 29.0 Å². The number of rotatable bonds is 5. The van der Waals surface area contributed by atoms with Crippen molar-refractivity contribution in [2.75, 3.05) is 13.1 Å². The molecule has 1 aliphatic rings. The molecule has 0 radical (unpaired) electrons. The average Bonchev–Trinajstić information content (AvgIpc) is 2.93. The molecule has 0 spiro atoms. The van der Waals surface area contributed by atoms with E-state index in [1.165, 1.54) is 22.7 Å². The Hall–Kier alpha value is -2.22. The van der Waals surface area contributed by atoms with Crippen LogP contribution in [0.3, 0.4) is 0 Å². The molecule has 24 heavy (non-hydrogen) atoms. The minimum atomic E-state index is -0.271.